The van der Waals surface area contributed by atoms with Crippen LogP contribution in [0.15, 0.2) is 48.1 Å². The smallest absolute Gasteiger partial charge is 0.339 e. The van der Waals surface area contributed by atoms with Crippen LogP contribution in [0.4, 0.5) is 5.82 Å². The zero-order valence-corrected chi connectivity index (χ0v) is 34.0. The molecule has 300 valence electrons. The van der Waals surface area contributed by atoms with E-state index in [-0.39, 0.29) is 49.5 Å². The molecule has 0 saturated carbocycles. The number of carbonyl (C=O) groups excluding carboxylic acids is 3. The van der Waals surface area contributed by atoms with Crippen LogP contribution in [0.5, 0.6) is 0 Å². The Morgan fingerprint density at radius 2 is 1.71 bits per heavy atom. The van der Waals surface area contributed by atoms with Gasteiger partial charge in [0.05, 0.1) is 59.6 Å². The highest BCUT2D eigenvalue weighted by Crippen LogP contribution is 2.31. The molecule has 0 bridgehead atoms. The van der Waals surface area contributed by atoms with Crippen molar-refractivity contribution in [2.75, 3.05) is 51.4 Å². The topological polar surface area (TPSA) is 170 Å². The number of esters is 1. The number of pyridine rings is 1. The van der Waals surface area contributed by atoms with Gasteiger partial charge in [0.1, 0.15) is 18.7 Å². The van der Waals surface area contributed by atoms with Crippen molar-refractivity contribution in [1.29, 1.82) is 0 Å². The second kappa shape index (κ2) is 18.3. The molecule has 0 aliphatic carbocycles. The summed E-state index contributed by atoms with van der Waals surface area (Å²) in [6.07, 6.45) is -0.352. The molecule has 55 heavy (non-hydrogen) atoms. The molecule has 2 aliphatic heterocycles. The number of nitrogens with zero attached hydrogens (tertiary/aromatic N) is 5. The number of aryl methyl sites for hydroxylation is 1. The molecule has 2 amide bonds. The average Bonchev–Trinajstić information content (AvgIpc) is 3.77. The van der Waals surface area contributed by atoms with Gasteiger partial charge < -0.3 is 35.2 Å². The first-order chi connectivity index (χ1) is 26.1. The van der Waals surface area contributed by atoms with Gasteiger partial charge in [0.25, 0.3) is 0 Å². The number of benzene rings is 1. The molecule has 2 aliphatic rings. The van der Waals surface area contributed by atoms with Gasteiger partial charge in [0.2, 0.25) is 11.8 Å². The minimum atomic E-state index is -1.24. The molecule has 15 heteroatoms. The number of piperazine rings is 1. The second-order valence-corrected chi connectivity index (χ2v) is 16.7. The molecule has 4 N–H and O–H groups in total. The number of hydrogen-bond donors (Lipinski definition) is 4. The number of aliphatic hydroxyl groups excluding tert-OH is 2. The summed E-state index contributed by atoms with van der Waals surface area (Å²) in [4.78, 5) is 54.7. The monoisotopic (exact) mass is 779 g/mol. The predicted octanol–water partition coefficient (Wildman–Crippen LogP) is 3.38. The molecule has 4 heterocycles. The summed E-state index contributed by atoms with van der Waals surface area (Å²) in [5.41, 5.74) is 4.61. The Hall–Kier alpha value is -3.99. The van der Waals surface area contributed by atoms with Gasteiger partial charge in [0.15, 0.2) is 0 Å². The highest BCUT2D eigenvalue weighted by molar-refractivity contribution is 7.13. The summed E-state index contributed by atoms with van der Waals surface area (Å²) in [5.74, 6) is -0.303. The molecule has 2 aromatic heterocycles. The number of β-amino-alcohol motifs (C(OH)–C–C–N with tert-alkyl or cyclic N) is 1. The number of likely N-dealkylation sites (tertiary alicyclic amines) is 1. The van der Waals surface area contributed by atoms with Crippen LogP contribution in [0.1, 0.15) is 75.6 Å². The number of hydrogen-bond acceptors (Lipinski definition) is 13. The number of carbonyl (C=O) groups is 3. The maximum absolute atomic E-state index is 13.7. The van der Waals surface area contributed by atoms with Crippen molar-refractivity contribution in [3.8, 4) is 10.4 Å². The Morgan fingerprint density at radius 3 is 2.29 bits per heavy atom. The van der Waals surface area contributed by atoms with Crippen molar-refractivity contribution in [3.05, 3.63) is 64.9 Å². The number of aliphatic hydroxyl groups is 2. The van der Waals surface area contributed by atoms with Gasteiger partial charge in [-0.2, -0.15) is 0 Å². The van der Waals surface area contributed by atoms with E-state index in [1.165, 1.54) is 13.3 Å². The Balaban J connectivity index is 1.11. The third-order valence-electron chi connectivity index (χ3n) is 10.6. The number of aromatic nitrogens is 2. The first-order valence-electron chi connectivity index (χ1n) is 18.9. The molecule has 2 fully saturated rings. The quantitative estimate of drug-likeness (QED) is 0.139. The first kappa shape index (κ1) is 42.2. The fourth-order valence-electron chi connectivity index (χ4n) is 7.56. The SMILES string of the molecule is COC(=O)c1ccc(N2C[C@@H](C)N(CCOCC(=O)N[C@H](C(O)N3C[C@H](O)CC3C(=O)N[C@@H](C)c3ccc(-c4scnc4C)cc3)C(C)(C)C)[C@@H](C)C2)nc1. The highest BCUT2D eigenvalue weighted by Gasteiger charge is 2.45. The maximum atomic E-state index is 13.7. The molecule has 7 atom stereocenters. The van der Waals surface area contributed by atoms with Crippen LogP contribution in [0.2, 0.25) is 0 Å². The highest BCUT2D eigenvalue weighted by atomic mass is 32.1. The lowest BCUT2D eigenvalue weighted by Crippen LogP contribution is -2.60. The molecule has 3 aromatic rings. The van der Waals surface area contributed by atoms with E-state index in [0.29, 0.717) is 18.7 Å². The van der Waals surface area contributed by atoms with Crippen molar-refractivity contribution >= 4 is 34.9 Å². The van der Waals surface area contributed by atoms with E-state index in [1.54, 1.807) is 22.3 Å². The maximum Gasteiger partial charge on any atom is 0.339 e. The van der Waals surface area contributed by atoms with Crippen LogP contribution in [0, 0.1) is 12.3 Å². The molecular formula is C40H57N7O7S. The van der Waals surface area contributed by atoms with E-state index in [2.05, 4.69) is 44.2 Å². The summed E-state index contributed by atoms with van der Waals surface area (Å²) >= 11 is 1.59. The molecule has 2 saturated heterocycles. The molecule has 1 aromatic carbocycles. The summed E-state index contributed by atoms with van der Waals surface area (Å²) in [5, 5.41) is 28.4. The van der Waals surface area contributed by atoms with E-state index < -0.39 is 35.8 Å². The van der Waals surface area contributed by atoms with Crippen molar-refractivity contribution in [2.45, 2.75) is 97.4 Å². The molecule has 2 unspecified atom stereocenters. The van der Waals surface area contributed by atoms with Gasteiger partial charge in [-0.15, -0.1) is 11.3 Å². The normalized spacial score (nSPS) is 22.5. The number of thiazole rings is 1. The standard InChI is InChI=1S/C40H57N7O7S/c1-24-19-45(33-14-13-30(18-41-33)39(52)53-8)20-25(2)46(24)15-16-54-22-34(49)44-36(40(5,6)7)38(51)47-21-31(48)17-32(47)37(50)43-26(3)28-9-11-29(12-10-28)35-27(4)42-23-55-35/h9-14,18,23-26,31-32,36,38,48,51H,15-17,19-22H2,1-8H3,(H,43,50)(H,44,49)/t24-,25+,26-,31+,32?,36+,38?/m0/s1. The van der Waals surface area contributed by atoms with E-state index >= 15 is 0 Å². The second-order valence-electron chi connectivity index (χ2n) is 15.8. The largest absolute Gasteiger partial charge is 0.465 e. The lowest BCUT2D eigenvalue weighted by Gasteiger charge is -2.45. The Labute approximate surface area is 328 Å². The number of amides is 2. The van der Waals surface area contributed by atoms with Crippen LogP contribution in [0.25, 0.3) is 10.4 Å². The fraction of sp³-hybridized carbons (Fsp3) is 0.575. The number of methoxy groups -OCH3 is 1. The number of nitrogens with one attached hydrogen (secondary N) is 2. The van der Waals surface area contributed by atoms with Crippen molar-refractivity contribution in [2.24, 2.45) is 5.41 Å². The van der Waals surface area contributed by atoms with Crippen molar-refractivity contribution < 1.29 is 34.1 Å². The summed E-state index contributed by atoms with van der Waals surface area (Å²) in [7, 11) is 1.34. The van der Waals surface area contributed by atoms with E-state index in [0.717, 1.165) is 40.6 Å². The predicted molar refractivity (Wildman–Crippen MR) is 212 cm³/mol. The zero-order valence-electron chi connectivity index (χ0n) is 33.2. The van der Waals surface area contributed by atoms with Crippen LogP contribution in [-0.4, -0.2) is 131 Å². The minimum Gasteiger partial charge on any atom is -0.465 e. The fourth-order valence-corrected chi connectivity index (χ4v) is 8.37. The van der Waals surface area contributed by atoms with Crippen molar-refractivity contribution in [1.82, 2.24) is 30.4 Å². The minimum absolute atomic E-state index is 0.0912. The van der Waals surface area contributed by atoms with E-state index in [9.17, 15) is 24.6 Å². The van der Waals surface area contributed by atoms with Crippen LogP contribution in [-0.2, 0) is 19.1 Å². The van der Waals surface area contributed by atoms with Gasteiger partial charge in [-0.1, -0.05) is 45.0 Å². The zero-order chi connectivity index (χ0) is 40.0. The van der Waals surface area contributed by atoms with Gasteiger partial charge in [0, 0.05) is 44.5 Å². The summed E-state index contributed by atoms with van der Waals surface area (Å²) in [6.45, 7) is 16.2. The molecule has 5 rings (SSSR count). The lowest BCUT2D eigenvalue weighted by molar-refractivity contribution is -0.137. The number of ether oxygens (including phenoxy) is 2. The van der Waals surface area contributed by atoms with Gasteiger partial charge in [-0.3, -0.25) is 19.4 Å². The molecule has 14 nitrogen and oxygen atoms in total. The Bertz CT molecular complexity index is 1740. The van der Waals surface area contributed by atoms with Crippen LogP contribution in [0.3, 0.4) is 0 Å². The third-order valence-corrected chi connectivity index (χ3v) is 11.6. The van der Waals surface area contributed by atoms with Crippen molar-refractivity contribution in [3.63, 3.8) is 0 Å². The number of anilines is 1. The summed E-state index contributed by atoms with van der Waals surface area (Å²) < 4.78 is 10.6. The van der Waals surface area contributed by atoms with Crippen LogP contribution < -0.4 is 15.5 Å². The average molecular weight is 780 g/mol. The third kappa shape index (κ3) is 10.5. The first-order valence-corrected chi connectivity index (χ1v) is 19.8. The Morgan fingerprint density at radius 1 is 1.02 bits per heavy atom. The summed E-state index contributed by atoms with van der Waals surface area (Å²) in [6, 6.07) is 10.1. The van der Waals surface area contributed by atoms with Gasteiger partial charge in [-0.25, -0.2) is 14.8 Å². The lowest BCUT2D eigenvalue weighted by atomic mass is 9.85. The van der Waals surface area contributed by atoms with E-state index in [4.69, 9.17) is 9.47 Å². The van der Waals surface area contributed by atoms with E-state index in [1.807, 2.05) is 70.5 Å². The molecular weight excluding hydrogens is 723 g/mol. The Kier molecular flexibility index (Phi) is 14.0. The molecule has 0 spiro atoms. The van der Waals surface area contributed by atoms with Gasteiger partial charge in [-0.05, 0) is 62.8 Å². The van der Waals surface area contributed by atoms with Gasteiger partial charge >= 0.3 is 5.97 Å². The molecule has 0 radical (unpaired) electrons. The van der Waals surface area contributed by atoms with Crippen LogP contribution >= 0.6 is 11.3 Å². The number of rotatable bonds is 14.